The van der Waals surface area contributed by atoms with Crippen molar-refractivity contribution in [3.63, 3.8) is 0 Å². The zero-order chi connectivity index (χ0) is 26.7. The number of carbonyl (C=O) groups is 1. The number of hydrogen-bond donors (Lipinski definition) is 2. The fourth-order valence-electron chi connectivity index (χ4n) is 3.96. The summed E-state index contributed by atoms with van der Waals surface area (Å²) < 4.78 is 30.4. The van der Waals surface area contributed by atoms with Gasteiger partial charge in [0.15, 0.2) is 15.6 Å². The molecule has 11 nitrogen and oxygen atoms in total. The van der Waals surface area contributed by atoms with Gasteiger partial charge in [-0.2, -0.15) is 4.98 Å². The van der Waals surface area contributed by atoms with E-state index in [1.54, 1.807) is 42.6 Å². The standard InChI is InChI=1S/C26H25N7O4S/c1-32(23-12-13-27-25(30-23)28-19-8-5-7-18(15-19)16-38(2,35)36)17-33-21-10-4-3-9-20(21)29-26(33)31-24(34)22-11-6-14-37-22/h3-15H,16-17H2,1-2H3,(H,27,28,30)(H,29,31,34). The predicted molar refractivity (Wildman–Crippen MR) is 145 cm³/mol. The summed E-state index contributed by atoms with van der Waals surface area (Å²) >= 11 is 0. The van der Waals surface area contributed by atoms with Crippen LogP contribution in [0.2, 0.25) is 0 Å². The lowest BCUT2D eigenvalue weighted by atomic mass is 10.2. The normalized spacial score (nSPS) is 11.4. The van der Waals surface area contributed by atoms with E-state index in [9.17, 15) is 13.2 Å². The third-order valence-corrected chi connectivity index (χ3v) is 6.48. The number of nitrogens with zero attached hydrogens (tertiary/aromatic N) is 5. The molecule has 2 N–H and O–H groups in total. The maximum Gasteiger partial charge on any atom is 0.293 e. The topological polar surface area (TPSA) is 135 Å². The van der Waals surface area contributed by atoms with Crippen molar-refractivity contribution in [3.05, 3.63) is 90.5 Å². The zero-order valence-electron chi connectivity index (χ0n) is 20.7. The summed E-state index contributed by atoms with van der Waals surface area (Å²) in [7, 11) is -1.29. The van der Waals surface area contributed by atoms with Gasteiger partial charge in [-0.05, 0) is 48.0 Å². The van der Waals surface area contributed by atoms with Crippen LogP contribution in [-0.4, -0.2) is 47.1 Å². The number of para-hydroxylation sites is 2. The van der Waals surface area contributed by atoms with Gasteiger partial charge in [0.05, 0.1) is 29.7 Å². The Labute approximate surface area is 219 Å². The molecule has 0 atom stereocenters. The minimum Gasteiger partial charge on any atom is -0.459 e. The first kappa shape index (κ1) is 25.0. The molecule has 194 valence electrons. The first-order chi connectivity index (χ1) is 18.2. The third kappa shape index (κ3) is 5.81. The van der Waals surface area contributed by atoms with Gasteiger partial charge in [0, 0.05) is 25.2 Å². The highest BCUT2D eigenvalue weighted by Gasteiger charge is 2.17. The Bertz CT molecular complexity index is 1700. The Kier molecular flexibility index (Phi) is 6.79. The summed E-state index contributed by atoms with van der Waals surface area (Å²) in [6.45, 7) is 0.328. The minimum absolute atomic E-state index is 0.0518. The fourth-order valence-corrected chi connectivity index (χ4v) is 4.75. The monoisotopic (exact) mass is 531 g/mol. The van der Waals surface area contributed by atoms with E-state index in [0.717, 1.165) is 11.0 Å². The number of amides is 1. The van der Waals surface area contributed by atoms with E-state index in [0.29, 0.717) is 35.6 Å². The Balaban J connectivity index is 1.37. The largest absolute Gasteiger partial charge is 0.459 e. The number of fused-ring (bicyclic) bond motifs is 1. The molecular formula is C26H25N7O4S. The van der Waals surface area contributed by atoms with Gasteiger partial charge in [0.1, 0.15) is 5.82 Å². The van der Waals surface area contributed by atoms with Gasteiger partial charge in [-0.1, -0.05) is 24.3 Å². The van der Waals surface area contributed by atoms with Gasteiger partial charge < -0.3 is 14.6 Å². The summed E-state index contributed by atoms with van der Waals surface area (Å²) in [5.41, 5.74) is 2.91. The van der Waals surface area contributed by atoms with Crippen molar-refractivity contribution in [3.8, 4) is 0 Å². The molecule has 5 aromatic rings. The molecular weight excluding hydrogens is 506 g/mol. The van der Waals surface area contributed by atoms with Crippen LogP contribution in [0.25, 0.3) is 11.0 Å². The zero-order valence-corrected chi connectivity index (χ0v) is 21.5. The van der Waals surface area contributed by atoms with E-state index < -0.39 is 15.7 Å². The van der Waals surface area contributed by atoms with Gasteiger partial charge in [0.2, 0.25) is 11.9 Å². The number of imidazole rings is 1. The molecule has 0 aliphatic heterocycles. The van der Waals surface area contributed by atoms with Crippen LogP contribution in [0.1, 0.15) is 16.1 Å². The molecule has 0 spiro atoms. The molecule has 0 aliphatic rings. The number of aromatic nitrogens is 4. The average Bonchev–Trinajstić information content (AvgIpc) is 3.52. The lowest BCUT2D eigenvalue weighted by Gasteiger charge is -2.21. The number of furan rings is 1. The summed E-state index contributed by atoms with van der Waals surface area (Å²) in [6.07, 6.45) is 4.27. The summed E-state index contributed by atoms with van der Waals surface area (Å²) in [5.74, 6) is 1.08. The van der Waals surface area contributed by atoms with Gasteiger partial charge in [-0.3, -0.25) is 14.7 Å². The second-order valence-electron chi connectivity index (χ2n) is 8.76. The van der Waals surface area contributed by atoms with E-state index in [4.69, 9.17) is 4.42 Å². The fraction of sp³-hybridized carbons (Fsp3) is 0.154. The number of carbonyl (C=O) groups excluding carboxylic acids is 1. The van der Waals surface area contributed by atoms with Crippen LogP contribution < -0.4 is 15.5 Å². The molecule has 2 aromatic carbocycles. The average molecular weight is 532 g/mol. The van der Waals surface area contributed by atoms with Crippen LogP contribution in [0.4, 0.5) is 23.4 Å². The van der Waals surface area contributed by atoms with Crippen LogP contribution in [0, 0.1) is 0 Å². The van der Waals surface area contributed by atoms with E-state index in [2.05, 4.69) is 25.6 Å². The third-order valence-electron chi connectivity index (χ3n) is 5.62. The van der Waals surface area contributed by atoms with E-state index in [-0.39, 0.29) is 11.5 Å². The van der Waals surface area contributed by atoms with Crippen molar-refractivity contribution in [1.29, 1.82) is 0 Å². The molecule has 0 bridgehead atoms. The highest BCUT2D eigenvalue weighted by molar-refractivity contribution is 7.89. The number of benzene rings is 2. The number of rotatable bonds is 9. The smallest absolute Gasteiger partial charge is 0.293 e. The molecule has 3 heterocycles. The van der Waals surface area contributed by atoms with Crippen molar-refractivity contribution >= 4 is 50.2 Å². The second kappa shape index (κ2) is 10.3. The van der Waals surface area contributed by atoms with E-state index in [1.807, 2.05) is 46.8 Å². The molecule has 3 aromatic heterocycles. The Morgan fingerprint density at radius 3 is 2.68 bits per heavy atom. The summed E-state index contributed by atoms with van der Waals surface area (Å²) in [4.78, 5) is 28.0. The van der Waals surface area contributed by atoms with Crippen LogP contribution >= 0.6 is 0 Å². The molecule has 0 saturated heterocycles. The maximum atomic E-state index is 12.6. The SMILES string of the molecule is CN(Cn1c(NC(=O)c2ccco2)nc2ccccc21)c1ccnc(Nc2cccc(CS(C)(=O)=O)c2)n1. The highest BCUT2D eigenvalue weighted by Crippen LogP contribution is 2.23. The van der Waals surface area contributed by atoms with E-state index in [1.165, 1.54) is 12.5 Å². The van der Waals surface area contributed by atoms with E-state index >= 15 is 0 Å². The first-order valence-corrected chi connectivity index (χ1v) is 13.7. The lowest BCUT2D eigenvalue weighted by molar-refractivity contribution is 0.0995. The highest BCUT2D eigenvalue weighted by atomic mass is 32.2. The summed E-state index contributed by atoms with van der Waals surface area (Å²) in [5, 5.41) is 5.97. The molecule has 1 amide bonds. The number of anilines is 4. The predicted octanol–water partition coefficient (Wildman–Crippen LogP) is 4.05. The Morgan fingerprint density at radius 1 is 1.05 bits per heavy atom. The molecule has 38 heavy (non-hydrogen) atoms. The van der Waals surface area contributed by atoms with Gasteiger partial charge in [-0.25, -0.2) is 18.4 Å². The lowest BCUT2D eigenvalue weighted by Crippen LogP contribution is -2.25. The molecule has 0 unspecified atom stereocenters. The Hall–Kier alpha value is -4.71. The van der Waals surface area contributed by atoms with Gasteiger partial charge in [0.25, 0.3) is 5.91 Å². The van der Waals surface area contributed by atoms with Crippen molar-refractivity contribution in [2.75, 3.05) is 28.8 Å². The van der Waals surface area contributed by atoms with Crippen LogP contribution in [0.3, 0.4) is 0 Å². The van der Waals surface area contributed by atoms with Gasteiger partial charge >= 0.3 is 0 Å². The van der Waals surface area contributed by atoms with Crippen LogP contribution in [0.15, 0.2) is 83.6 Å². The Morgan fingerprint density at radius 2 is 1.89 bits per heavy atom. The van der Waals surface area contributed by atoms with Crippen LogP contribution in [0.5, 0.6) is 0 Å². The van der Waals surface area contributed by atoms with Crippen LogP contribution in [-0.2, 0) is 22.3 Å². The van der Waals surface area contributed by atoms with Gasteiger partial charge in [-0.15, -0.1) is 0 Å². The molecule has 0 saturated carbocycles. The van der Waals surface area contributed by atoms with Crippen molar-refractivity contribution in [1.82, 2.24) is 19.5 Å². The molecule has 0 fully saturated rings. The maximum absolute atomic E-state index is 12.6. The second-order valence-corrected chi connectivity index (χ2v) is 10.9. The quantitative estimate of drug-likeness (QED) is 0.289. The van der Waals surface area contributed by atoms with Crippen molar-refractivity contribution < 1.29 is 17.6 Å². The molecule has 0 radical (unpaired) electrons. The molecule has 0 aliphatic carbocycles. The molecule has 5 rings (SSSR count). The molecule has 12 heteroatoms. The first-order valence-electron chi connectivity index (χ1n) is 11.6. The van der Waals surface area contributed by atoms with Crippen molar-refractivity contribution in [2.24, 2.45) is 0 Å². The summed E-state index contributed by atoms with van der Waals surface area (Å²) in [6, 6.07) is 19.7. The number of nitrogens with one attached hydrogen (secondary N) is 2. The number of hydrogen-bond acceptors (Lipinski definition) is 9. The van der Waals surface area contributed by atoms with Crippen molar-refractivity contribution in [2.45, 2.75) is 12.4 Å². The minimum atomic E-state index is -3.15. The number of sulfone groups is 1.